The molecule has 0 saturated carbocycles. The lowest BCUT2D eigenvalue weighted by Crippen LogP contribution is -2.65. The van der Waals surface area contributed by atoms with Crippen molar-refractivity contribution in [1.82, 2.24) is 15.5 Å². The molecular formula is C13H25N3O2. The van der Waals surface area contributed by atoms with Gasteiger partial charge in [-0.2, -0.15) is 0 Å². The minimum Gasteiger partial charge on any atom is -0.468 e. The number of nitrogens with zero attached hydrogens (tertiary/aromatic N) is 1. The van der Waals surface area contributed by atoms with Crippen LogP contribution in [0.3, 0.4) is 0 Å². The van der Waals surface area contributed by atoms with Crippen molar-refractivity contribution in [3.8, 4) is 0 Å². The summed E-state index contributed by atoms with van der Waals surface area (Å²) in [6.45, 7) is 7.84. The molecule has 0 radical (unpaired) electrons. The fourth-order valence-corrected chi connectivity index (χ4v) is 3.34. The first kappa shape index (κ1) is 13.8. The first-order valence-electron chi connectivity index (χ1n) is 6.96. The zero-order chi connectivity index (χ0) is 13.0. The summed E-state index contributed by atoms with van der Waals surface area (Å²) in [7, 11) is 1.51. The average molecular weight is 255 g/mol. The summed E-state index contributed by atoms with van der Waals surface area (Å²) < 4.78 is 5.13. The number of esters is 1. The second-order valence-corrected chi connectivity index (χ2v) is 5.36. The lowest BCUT2D eigenvalue weighted by Gasteiger charge is -2.47. The summed E-state index contributed by atoms with van der Waals surface area (Å²) in [5, 5.41) is 6.77. The van der Waals surface area contributed by atoms with E-state index in [4.69, 9.17) is 4.74 Å². The number of methoxy groups -OCH3 is 1. The Morgan fingerprint density at radius 3 is 2.83 bits per heavy atom. The zero-order valence-electron chi connectivity index (χ0n) is 11.5. The van der Waals surface area contributed by atoms with Crippen LogP contribution in [-0.2, 0) is 9.53 Å². The average Bonchev–Trinajstić information content (AvgIpc) is 2.68. The molecule has 2 aliphatic heterocycles. The summed E-state index contributed by atoms with van der Waals surface area (Å²) in [5.41, 5.74) is -0.425. The van der Waals surface area contributed by atoms with Crippen molar-refractivity contribution in [1.29, 1.82) is 0 Å². The largest absolute Gasteiger partial charge is 0.468 e. The topological polar surface area (TPSA) is 53.6 Å². The molecule has 2 N–H and O–H groups in total. The Labute approximate surface area is 109 Å². The maximum Gasteiger partial charge on any atom is 0.326 e. The summed E-state index contributed by atoms with van der Waals surface area (Å²) in [4.78, 5) is 14.8. The third-order valence-corrected chi connectivity index (χ3v) is 4.39. The second kappa shape index (κ2) is 5.99. The van der Waals surface area contributed by atoms with Crippen molar-refractivity contribution in [2.24, 2.45) is 5.92 Å². The highest BCUT2D eigenvalue weighted by Crippen LogP contribution is 2.33. The van der Waals surface area contributed by atoms with Crippen LogP contribution in [-0.4, -0.2) is 62.8 Å². The van der Waals surface area contributed by atoms with E-state index in [0.29, 0.717) is 0 Å². The van der Waals surface area contributed by atoms with Gasteiger partial charge >= 0.3 is 5.97 Å². The molecule has 2 rings (SSSR count). The molecule has 18 heavy (non-hydrogen) atoms. The van der Waals surface area contributed by atoms with Gasteiger partial charge in [0, 0.05) is 26.2 Å². The molecule has 0 bridgehead atoms. The molecule has 0 amide bonds. The van der Waals surface area contributed by atoms with Gasteiger partial charge in [0.25, 0.3) is 0 Å². The van der Waals surface area contributed by atoms with Crippen molar-refractivity contribution in [3.05, 3.63) is 0 Å². The van der Waals surface area contributed by atoms with E-state index in [1.54, 1.807) is 0 Å². The van der Waals surface area contributed by atoms with Gasteiger partial charge in [-0.3, -0.25) is 9.69 Å². The van der Waals surface area contributed by atoms with Crippen molar-refractivity contribution in [2.45, 2.75) is 25.3 Å². The molecule has 0 aromatic carbocycles. The van der Waals surface area contributed by atoms with Crippen LogP contribution in [0.1, 0.15) is 19.8 Å². The van der Waals surface area contributed by atoms with E-state index in [0.717, 1.165) is 52.1 Å². The zero-order valence-corrected chi connectivity index (χ0v) is 11.5. The van der Waals surface area contributed by atoms with Gasteiger partial charge in [0.05, 0.1) is 7.11 Å². The molecule has 104 valence electrons. The molecule has 0 aromatic rings. The second-order valence-electron chi connectivity index (χ2n) is 5.36. The Kier molecular flexibility index (Phi) is 4.59. The van der Waals surface area contributed by atoms with Crippen LogP contribution >= 0.6 is 0 Å². The van der Waals surface area contributed by atoms with E-state index >= 15 is 0 Å². The monoisotopic (exact) mass is 255 g/mol. The van der Waals surface area contributed by atoms with Crippen molar-refractivity contribution < 1.29 is 9.53 Å². The fraction of sp³-hybridized carbons (Fsp3) is 0.923. The van der Waals surface area contributed by atoms with E-state index in [2.05, 4.69) is 22.5 Å². The molecule has 0 spiro atoms. The Morgan fingerprint density at radius 2 is 2.11 bits per heavy atom. The highest BCUT2D eigenvalue weighted by molar-refractivity contribution is 5.81. The van der Waals surface area contributed by atoms with Gasteiger partial charge in [-0.25, -0.2) is 0 Å². The molecule has 5 nitrogen and oxygen atoms in total. The van der Waals surface area contributed by atoms with Gasteiger partial charge in [0.2, 0.25) is 0 Å². The minimum absolute atomic E-state index is 0.0570. The van der Waals surface area contributed by atoms with Crippen LogP contribution in [0.5, 0.6) is 0 Å². The maximum atomic E-state index is 12.4. The Balaban J connectivity index is 2.24. The van der Waals surface area contributed by atoms with E-state index in [9.17, 15) is 4.79 Å². The molecule has 5 heteroatoms. The predicted molar refractivity (Wildman–Crippen MR) is 70.5 cm³/mol. The SMILES string of the molecule is COC(=O)C1(N2CCCNCC2)CCNCC1C. The lowest BCUT2D eigenvalue weighted by atomic mass is 9.77. The Hall–Kier alpha value is -0.650. The van der Waals surface area contributed by atoms with Crippen LogP contribution in [0.2, 0.25) is 0 Å². The molecule has 2 saturated heterocycles. The Bertz CT molecular complexity index is 290. The molecule has 2 fully saturated rings. The standard InChI is InChI=1S/C13H25N3O2/c1-11-10-15-6-4-13(11,12(17)18-2)16-8-3-5-14-7-9-16/h11,14-15H,3-10H2,1-2H3. The van der Waals surface area contributed by atoms with Crippen LogP contribution in [0.15, 0.2) is 0 Å². The molecule has 2 heterocycles. The molecular weight excluding hydrogens is 230 g/mol. The third kappa shape index (κ3) is 2.39. The summed E-state index contributed by atoms with van der Waals surface area (Å²) in [6, 6.07) is 0. The van der Waals surface area contributed by atoms with E-state index in [-0.39, 0.29) is 11.9 Å². The lowest BCUT2D eigenvalue weighted by molar-refractivity contribution is -0.161. The van der Waals surface area contributed by atoms with Crippen molar-refractivity contribution >= 4 is 5.97 Å². The molecule has 0 aromatic heterocycles. The number of ether oxygens (including phenoxy) is 1. The number of carbonyl (C=O) groups is 1. The van der Waals surface area contributed by atoms with Gasteiger partial charge in [-0.15, -0.1) is 0 Å². The number of hydrogen-bond donors (Lipinski definition) is 2. The van der Waals surface area contributed by atoms with Gasteiger partial charge in [0.1, 0.15) is 5.54 Å². The van der Waals surface area contributed by atoms with Crippen LogP contribution < -0.4 is 10.6 Å². The normalized spacial score (nSPS) is 34.9. The van der Waals surface area contributed by atoms with Gasteiger partial charge in [0.15, 0.2) is 0 Å². The van der Waals surface area contributed by atoms with Crippen LogP contribution in [0.25, 0.3) is 0 Å². The smallest absolute Gasteiger partial charge is 0.326 e. The fourth-order valence-electron chi connectivity index (χ4n) is 3.34. The summed E-state index contributed by atoms with van der Waals surface area (Å²) >= 11 is 0. The highest BCUT2D eigenvalue weighted by Gasteiger charge is 2.50. The van der Waals surface area contributed by atoms with Crippen LogP contribution in [0, 0.1) is 5.92 Å². The minimum atomic E-state index is -0.425. The quantitative estimate of drug-likeness (QED) is 0.671. The van der Waals surface area contributed by atoms with Gasteiger partial charge in [-0.05, 0) is 31.8 Å². The van der Waals surface area contributed by atoms with E-state index < -0.39 is 5.54 Å². The number of nitrogens with one attached hydrogen (secondary N) is 2. The van der Waals surface area contributed by atoms with E-state index in [1.165, 1.54) is 7.11 Å². The molecule has 2 aliphatic rings. The highest BCUT2D eigenvalue weighted by atomic mass is 16.5. The van der Waals surface area contributed by atoms with Crippen LogP contribution in [0.4, 0.5) is 0 Å². The van der Waals surface area contributed by atoms with Crippen molar-refractivity contribution in [3.63, 3.8) is 0 Å². The first-order chi connectivity index (χ1) is 8.71. The van der Waals surface area contributed by atoms with Gasteiger partial charge in [-0.1, -0.05) is 6.92 Å². The number of hydrogen-bond acceptors (Lipinski definition) is 5. The van der Waals surface area contributed by atoms with Gasteiger partial charge < -0.3 is 15.4 Å². The molecule has 2 unspecified atom stereocenters. The predicted octanol–water partition coefficient (Wildman–Crippen LogP) is -0.177. The summed E-state index contributed by atoms with van der Waals surface area (Å²) in [6.07, 6.45) is 1.94. The number of piperidine rings is 1. The van der Waals surface area contributed by atoms with Crippen molar-refractivity contribution in [2.75, 3.05) is 46.4 Å². The number of rotatable bonds is 2. The van der Waals surface area contributed by atoms with E-state index in [1.807, 2.05) is 0 Å². The number of carbonyl (C=O) groups excluding carboxylic acids is 1. The maximum absolute atomic E-state index is 12.4. The Morgan fingerprint density at radius 1 is 1.28 bits per heavy atom. The third-order valence-electron chi connectivity index (χ3n) is 4.39. The summed E-state index contributed by atoms with van der Waals surface area (Å²) in [5.74, 6) is 0.232. The first-order valence-corrected chi connectivity index (χ1v) is 6.96. The molecule has 2 atom stereocenters. The molecule has 0 aliphatic carbocycles.